The topological polar surface area (TPSA) is 97.6 Å². The van der Waals surface area contributed by atoms with Crippen LogP contribution in [-0.4, -0.2) is 24.4 Å². The van der Waals surface area contributed by atoms with Crippen molar-refractivity contribution in [2.45, 2.75) is 46.5 Å². The van der Waals surface area contributed by atoms with Crippen LogP contribution in [0.15, 0.2) is 22.8 Å². The van der Waals surface area contributed by atoms with Crippen molar-refractivity contribution in [3.63, 3.8) is 0 Å². The minimum Gasteiger partial charge on any atom is -0.459 e. The summed E-state index contributed by atoms with van der Waals surface area (Å²) in [4.78, 5) is 35.3. The molecule has 2 amide bonds. The van der Waals surface area contributed by atoms with E-state index in [0.29, 0.717) is 5.92 Å². The highest BCUT2D eigenvalue weighted by Gasteiger charge is 2.33. The third-order valence-corrected chi connectivity index (χ3v) is 4.69. The van der Waals surface area contributed by atoms with E-state index in [1.807, 2.05) is 0 Å². The summed E-state index contributed by atoms with van der Waals surface area (Å²) in [5.74, 6) is -0.990. The predicted octanol–water partition coefficient (Wildman–Crippen LogP) is 2.44. The maximum absolute atomic E-state index is 12.1. The Morgan fingerprint density at radius 3 is 2.40 bits per heavy atom. The number of carbonyl (C=O) groups excluding carboxylic acids is 3. The number of carbonyl (C=O) groups is 3. The number of hydrogen-bond donors (Lipinski definition) is 2. The van der Waals surface area contributed by atoms with Crippen LogP contribution in [0.1, 0.15) is 57.0 Å². The lowest BCUT2D eigenvalue weighted by Crippen LogP contribution is -2.43. The van der Waals surface area contributed by atoms with Crippen LogP contribution in [0, 0.1) is 17.3 Å². The van der Waals surface area contributed by atoms with E-state index < -0.39 is 18.4 Å². The van der Waals surface area contributed by atoms with E-state index in [1.165, 1.54) is 12.3 Å². The third kappa shape index (κ3) is 5.62. The molecule has 2 rings (SSSR count). The van der Waals surface area contributed by atoms with Gasteiger partial charge in [0.25, 0.3) is 5.91 Å². The van der Waals surface area contributed by atoms with Crippen LogP contribution < -0.4 is 10.9 Å². The Hall–Kier alpha value is -2.31. The molecule has 7 nitrogen and oxygen atoms in total. The van der Waals surface area contributed by atoms with Gasteiger partial charge in [0, 0.05) is 0 Å². The van der Waals surface area contributed by atoms with Gasteiger partial charge in [-0.3, -0.25) is 25.2 Å². The molecule has 1 aromatic heterocycles. The smallest absolute Gasteiger partial charge is 0.309 e. The minimum absolute atomic E-state index is 0.0768. The Balaban J connectivity index is 1.66. The van der Waals surface area contributed by atoms with Crippen molar-refractivity contribution < 1.29 is 23.5 Å². The van der Waals surface area contributed by atoms with Crippen LogP contribution in [-0.2, 0) is 14.3 Å². The molecule has 0 saturated heterocycles. The summed E-state index contributed by atoms with van der Waals surface area (Å²) in [6.07, 6.45) is 4.92. The van der Waals surface area contributed by atoms with Crippen LogP contribution in [0.5, 0.6) is 0 Å². The summed E-state index contributed by atoms with van der Waals surface area (Å²) in [6.45, 7) is 6.24. The Morgan fingerprint density at radius 1 is 1.16 bits per heavy atom. The zero-order chi connectivity index (χ0) is 18.4. The van der Waals surface area contributed by atoms with Crippen LogP contribution in [0.4, 0.5) is 0 Å². The van der Waals surface area contributed by atoms with Gasteiger partial charge in [-0.05, 0) is 49.1 Å². The first-order valence-corrected chi connectivity index (χ1v) is 8.56. The lowest BCUT2D eigenvalue weighted by Gasteiger charge is -2.36. The van der Waals surface area contributed by atoms with Crippen molar-refractivity contribution in [2.24, 2.45) is 17.3 Å². The van der Waals surface area contributed by atoms with Gasteiger partial charge in [-0.1, -0.05) is 20.8 Å². The number of esters is 1. The molecule has 1 fully saturated rings. The number of hydrogen-bond acceptors (Lipinski definition) is 5. The first-order chi connectivity index (χ1) is 11.8. The van der Waals surface area contributed by atoms with Crippen LogP contribution in [0.3, 0.4) is 0 Å². The van der Waals surface area contributed by atoms with Crippen LogP contribution in [0.25, 0.3) is 0 Å². The fourth-order valence-electron chi connectivity index (χ4n) is 3.08. The van der Waals surface area contributed by atoms with Gasteiger partial charge >= 0.3 is 11.9 Å². The van der Waals surface area contributed by atoms with E-state index in [2.05, 4.69) is 31.6 Å². The summed E-state index contributed by atoms with van der Waals surface area (Å²) < 4.78 is 9.95. The van der Waals surface area contributed by atoms with Crippen LogP contribution >= 0.6 is 0 Å². The van der Waals surface area contributed by atoms with Crippen molar-refractivity contribution in [3.8, 4) is 0 Å². The molecule has 0 bridgehead atoms. The molecule has 7 heteroatoms. The van der Waals surface area contributed by atoms with Gasteiger partial charge in [-0.15, -0.1) is 0 Å². The van der Waals surface area contributed by atoms with Gasteiger partial charge in [-0.2, -0.15) is 0 Å². The second kappa shape index (κ2) is 8.18. The maximum Gasteiger partial charge on any atom is 0.309 e. The highest BCUT2D eigenvalue weighted by molar-refractivity contribution is 5.93. The molecule has 0 atom stereocenters. The third-order valence-electron chi connectivity index (χ3n) is 4.69. The van der Waals surface area contributed by atoms with Gasteiger partial charge in [0.1, 0.15) is 0 Å². The van der Waals surface area contributed by atoms with Gasteiger partial charge in [0.15, 0.2) is 12.4 Å². The number of nitrogens with one attached hydrogen (secondary N) is 2. The normalized spacial score (nSPS) is 20.6. The largest absolute Gasteiger partial charge is 0.459 e. The molecule has 0 spiro atoms. The van der Waals surface area contributed by atoms with E-state index in [1.54, 1.807) is 6.07 Å². The zero-order valence-electron chi connectivity index (χ0n) is 15.0. The van der Waals surface area contributed by atoms with E-state index in [9.17, 15) is 14.4 Å². The van der Waals surface area contributed by atoms with Crippen molar-refractivity contribution in [3.05, 3.63) is 24.2 Å². The molecule has 0 aromatic carbocycles. The average molecular weight is 350 g/mol. The highest BCUT2D eigenvalue weighted by Crippen LogP contribution is 2.40. The highest BCUT2D eigenvalue weighted by atomic mass is 16.5. The molecule has 25 heavy (non-hydrogen) atoms. The van der Waals surface area contributed by atoms with Crippen molar-refractivity contribution in [2.75, 3.05) is 6.61 Å². The summed E-state index contributed by atoms with van der Waals surface area (Å²) >= 11 is 0. The molecule has 1 aliphatic carbocycles. The minimum atomic E-state index is -0.600. The standard InChI is InChI=1S/C18H26N2O5/c1-18(2,3)13-8-6-12(7-9-13)17(23)25-11-15(21)19-20-16(22)14-5-4-10-24-14/h4-5,10,12-13H,6-9,11H2,1-3H3,(H,19,21)(H,20,22). The molecule has 0 radical (unpaired) electrons. The number of furan rings is 1. The second-order valence-electron chi connectivity index (χ2n) is 7.50. The first kappa shape index (κ1) is 19.0. The molecule has 138 valence electrons. The number of hydrazine groups is 1. The first-order valence-electron chi connectivity index (χ1n) is 8.56. The van der Waals surface area contributed by atoms with Gasteiger partial charge in [0.05, 0.1) is 12.2 Å². The molecule has 0 aliphatic heterocycles. The molecule has 1 heterocycles. The number of rotatable bonds is 4. The lowest BCUT2D eigenvalue weighted by atomic mass is 9.70. The Labute approximate surface area is 147 Å². The molecular formula is C18H26N2O5. The predicted molar refractivity (Wildman–Crippen MR) is 90.2 cm³/mol. The fourth-order valence-corrected chi connectivity index (χ4v) is 3.08. The number of amides is 2. The van der Waals surface area contributed by atoms with E-state index >= 15 is 0 Å². The van der Waals surface area contributed by atoms with E-state index in [0.717, 1.165) is 25.7 Å². The monoisotopic (exact) mass is 350 g/mol. The van der Waals surface area contributed by atoms with E-state index in [-0.39, 0.29) is 23.1 Å². The Morgan fingerprint density at radius 2 is 1.84 bits per heavy atom. The Kier molecular flexibility index (Phi) is 6.22. The molecule has 2 N–H and O–H groups in total. The number of ether oxygens (including phenoxy) is 1. The lowest BCUT2D eigenvalue weighted by molar-refractivity contribution is -0.154. The van der Waals surface area contributed by atoms with Gasteiger partial charge < -0.3 is 9.15 Å². The van der Waals surface area contributed by atoms with E-state index in [4.69, 9.17) is 9.15 Å². The Bertz CT molecular complexity index is 595. The average Bonchev–Trinajstić information content (AvgIpc) is 3.11. The second-order valence-corrected chi connectivity index (χ2v) is 7.50. The molecule has 1 aliphatic rings. The maximum atomic E-state index is 12.1. The van der Waals surface area contributed by atoms with Crippen molar-refractivity contribution >= 4 is 17.8 Å². The SMILES string of the molecule is CC(C)(C)C1CCC(C(=O)OCC(=O)NNC(=O)c2ccco2)CC1. The molecule has 1 aromatic rings. The summed E-state index contributed by atoms with van der Waals surface area (Å²) in [7, 11) is 0. The van der Waals surface area contributed by atoms with Gasteiger partial charge in [-0.25, -0.2) is 0 Å². The van der Waals surface area contributed by atoms with Gasteiger partial charge in [0.2, 0.25) is 0 Å². The summed E-state index contributed by atoms with van der Waals surface area (Å²) in [6, 6.07) is 3.03. The molecule has 0 unspecified atom stereocenters. The van der Waals surface area contributed by atoms with Crippen molar-refractivity contribution in [1.82, 2.24) is 10.9 Å². The summed E-state index contributed by atoms with van der Waals surface area (Å²) in [5.41, 5.74) is 4.62. The quantitative estimate of drug-likeness (QED) is 0.642. The summed E-state index contributed by atoms with van der Waals surface area (Å²) in [5, 5.41) is 0. The zero-order valence-corrected chi connectivity index (χ0v) is 15.0. The van der Waals surface area contributed by atoms with Crippen molar-refractivity contribution in [1.29, 1.82) is 0 Å². The fraction of sp³-hybridized carbons (Fsp3) is 0.611. The van der Waals surface area contributed by atoms with Crippen LogP contribution in [0.2, 0.25) is 0 Å². The molecule has 1 saturated carbocycles. The molecular weight excluding hydrogens is 324 g/mol.